The van der Waals surface area contributed by atoms with Crippen molar-refractivity contribution < 1.29 is 0 Å². The number of hydrogen-bond acceptors (Lipinski definition) is 3. The highest BCUT2D eigenvalue weighted by Crippen LogP contribution is 2.37. The highest BCUT2D eigenvalue weighted by molar-refractivity contribution is 5.48. The molecule has 2 aliphatic carbocycles. The quantitative estimate of drug-likeness (QED) is 0.918. The fraction of sp³-hybridized carbons (Fsp3) is 0.722. The van der Waals surface area contributed by atoms with E-state index in [-0.39, 0.29) is 0 Å². The lowest BCUT2D eigenvalue weighted by Gasteiger charge is -2.45. The summed E-state index contributed by atoms with van der Waals surface area (Å²) in [5.74, 6) is 0.939. The lowest BCUT2D eigenvalue weighted by molar-refractivity contribution is 0.244. The van der Waals surface area contributed by atoms with Crippen LogP contribution in [0.5, 0.6) is 0 Å². The van der Waals surface area contributed by atoms with Gasteiger partial charge in [0.15, 0.2) is 0 Å². The van der Waals surface area contributed by atoms with Gasteiger partial charge in [-0.15, -0.1) is 0 Å². The first-order valence-corrected chi connectivity index (χ1v) is 8.85. The van der Waals surface area contributed by atoms with Gasteiger partial charge in [-0.2, -0.15) is 0 Å². The molecule has 1 aliphatic heterocycles. The van der Waals surface area contributed by atoms with Crippen LogP contribution in [0.4, 0.5) is 5.69 Å². The lowest BCUT2D eigenvalue weighted by atomic mass is 9.78. The van der Waals surface area contributed by atoms with Crippen molar-refractivity contribution in [3.63, 3.8) is 0 Å². The van der Waals surface area contributed by atoms with Gasteiger partial charge in [0.2, 0.25) is 0 Å². The maximum Gasteiger partial charge on any atom is 0.0562 e. The topological polar surface area (TPSA) is 28.2 Å². The monoisotopic (exact) mass is 285 g/mol. The Labute approximate surface area is 128 Å². The van der Waals surface area contributed by atoms with Crippen LogP contribution in [0.15, 0.2) is 18.3 Å². The van der Waals surface area contributed by atoms with Crippen molar-refractivity contribution in [2.45, 2.75) is 70.0 Å². The Balaban J connectivity index is 1.49. The Morgan fingerprint density at radius 1 is 1.10 bits per heavy atom. The number of aromatic nitrogens is 1. The molecule has 3 aliphatic rings. The summed E-state index contributed by atoms with van der Waals surface area (Å²) in [6.45, 7) is 2.17. The van der Waals surface area contributed by atoms with Gasteiger partial charge in [0.1, 0.15) is 0 Å². The Morgan fingerprint density at radius 2 is 1.95 bits per heavy atom. The van der Waals surface area contributed by atoms with Gasteiger partial charge >= 0.3 is 0 Å². The molecule has 2 atom stereocenters. The third-order valence-electron chi connectivity index (χ3n) is 5.52. The average molecular weight is 285 g/mol. The van der Waals surface area contributed by atoms with Crippen LogP contribution in [0.2, 0.25) is 0 Å². The highest BCUT2D eigenvalue weighted by Gasteiger charge is 2.33. The van der Waals surface area contributed by atoms with Gasteiger partial charge in [-0.1, -0.05) is 12.8 Å². The summed E-state index contributed by atoms with van der Waals surface area (Å²) in [4.78, 5) is 7.24. The number of nitrogens with zero attached hydrogens (tertiary/aromatic N) is 2. The van der Waals surface area contributed by atoms with Gasteiger partial charge in [0.05, 0.1) is 5.69 Å². The first kappa shape index (κ1) is 13.6. The molecule has 4 rings (SSSR count). The molecular formula is C18H27N3. The summed E-state index contributed by atoms with van der Waals surface area (Å²) in [5.41, 5.74) is 2.62. The van der Waals surface area contributed by atoms with Crippen LogP contribution in [-0.2, 0) is 6.54 Å². The van der Waals surface area contributed by atoms with E-state index in [1.807, 2.05) is 6.20 Å². The van der Waals surface area contributed by atoms with E-state index in [0.29, 0.717) is 0 Å². The molecule has 21 heavy (non-hydrogen) atoms. The van der Waals surface area contributed by atoms with E-state index in [9.17, 15) is 0 Å². The molecule has 2 heterocycles. The van der Waals surface area contributed by atoms with Crippen molar-refractivity contribution >= 4 is 5.69 Å². The van der Waals surface area contributed by atoms with Crippen LogP contribution in [0.1, 0.15) is 57.1 Å². The van der Waals surface area contributed by atoms with Crippen LogP contribution in [0.3, 0.4) is 0 Å². The van der Waals surface area contributed by atoms with Crippen LogP contribution in [0, 0.1) is 5.92 Å². The molecule has 1 N–H and O–H groups in total. The van der Waals surface area contributed by atoms with Crippen LogP contribution < -0.4 is 10.2 Å². The number of rotatable bonds is 4. The zero-order valence-electron chi connectivity index (χ0n) is 12.9. The van der Waals surface area contributed by atoms with Crippen molar-refractivity contribution in [1.29, 1.82) is 0 Å². The maximum absolute atomic E-state index is 4.55. The molecule has 0 aromatic carbocycles. The molecule has 0 radical (unpaired) electrons. The second-order valence-corrected chi connectivity index (χ2v) is 7.11. The number of pyridine rings is 1. The summed E-state index contributed by atoms with van der Waals surface area (Å²) in [7, 11) is 0. The molecule has 1 aromatic heterocycles. The second kappa shape index (κ2) is 5.96. The molecule has 0 amide bonds. The number of hydrogen-bond donors (Lipinski definition) is 1. The van der Waals surface area contributed by atoms with Crippen LogP contribution >= 0.6 is 0 Å². The van der Waals surface area contributed by atoms with E-state index >= 15 is 0 Å². The summed E-state index contributed by atoms with van der Waals surface area (Å²) < 4.78 is 0. The number of fused-ring (bicyclic) bond motifs is 1. The first-order valence-electron chi connectivity index (χ1n) is 8.85. The minimum absolute atomic E-state index is 0.758. The van der Waals surface area contributed by atoms with Crippen molar-refractivity contribution in [3.8, 4) is 0 Å². The summed E-state index contributed by atoms with van der Waals surface area (Å²) in [6, 6.07) is 6.09. The Hall–Kier alpha value is -1.09. The van der Waals surface area contributed by atoms with E-state index < -0.39 is 0 Å². The molecule has 3 heteroatoms. The van der Waals surface area contributed by atoms with Gasteiger partial charge in [-0.05, 0) is 56.6 Å². The second-order valence-electron chi connectivity index (χ2n) is 7.11. The van der Waals surface area contributed by atoms with Crippen molar-refractivity contribution in [1.82, 2.24) is 10.3 Å². The molecule has 1 saturated heterocycles. The molecular weight excluding hydrogens is 258 g/mol. The Bertz CT molecular complexity index is 481. The fourth-order valence-corrected chi connectivity index (χ4v) is 4.22. The van der Waals surface area contributed by atoms with Crippen LogP contribution in [-0.4, -0.2) is 23.6 Å². The Morgan fingerprint density at radius 3 is 2.86 bits per heavy atom. The molecule has 2 saturated carbocycles. The highest BCUT2D eigenvalue weighted by atomic mass is 15.2. The van der Waals surface area contributed by atoms with E-state index in [1.54, 1.807) is 0 Å². The van der Waals surface area contributed by atoms with Gasteiger partial charge in [0, 0.05) is 37.1 Å². The normalized spacial score (nSPS) is 29.2. The number of nitrogens with one attached hydrogen (secondary N) is 1. The van der Waals surface area contributed by atoms with Gasteiger partial charge in [-0.3, -0.25) is 4.98 Å². The molecule has 114 valence electrons. The predicted molar refractivity (Wildman–Crippen MR) is 86.4 cm³/mol. The SMILES string of the molecule is c1cc(N2CCC[C@H]3CCCC[C@H]32)cc(CNC2CC2)n1. The average Bonchev–Trinajstić information content (AvgIpc) is 3.37. The zero-order chi connectivity index (χ0) is 14.1. The van der Waals surface area contributed by atoms with Crippen molar-refractivity contribution in [2.24, 2.45) is 5.92 Å². The Kier molecular flexibility index (Phi) is 3.85. The van der Waals surface area contributed by atoms with Gasteiger partial charge in [0.25, 0.3) is 0 Å². The largest absolute Gasteiger partial charge is 0.368 e. The molecule has 3 nitrogen and oxygen atoms in total. The summed E-state index contributed by atoms with van der Waals surface area (Å²) in [6.07, 6.45) is 13.2. The van der Waals surface area contributed by atoms with E-state index in [0.717, 1.165) is 24.5 Å². The number of anilines is 1. The maximum atomic E-state index is 4.55. The van der Waals surface area contributed by atoms with E-state index in [2.05, 4.69) is 27.3 Å². The third kappa shape index (κ3) is 3.08. The first-order chi connectivity index (χ1) is 10.4. The molecule has 0 unspecified atom stereocenters. The smallest absolute Gasteiger partial charge is 0.0562 e. The lowest BCUT2D eigenvalue weighted by Crippen LogP contribution is -2.47. The van der Waals surface area contributed by atoms with Crippen LogP contribution in [0.25, 0.3) is 0 Å². The zero-order valence-corrected chi connectivity index (χ0v) is 12.9. The predicted octanol–water partition coefficient (Wildman–Crippen LogP) is 3.49. The summed E-state index contributed by atoms with van der Waals surface area (Å²) in [5, 5.41) is 3.58. The van der Waals surface area contributed by atoms with Gasteiger partial charge < -0.3 is 10.2 Å². The van der Waals surface area contributed by atoms with Crippen molar-refractivity contribution in [2.75, 3.05) is 11.4 Å². The molecule has 0 spiro atoms. The van der Waals surface area contributed by atoms with Gasteiger partial charge in [-0.25, -0.2) is 0 Å². The molecule has 1 aromatic rings. The molecule has 3 fully saturated rings. The minimum atomic E-state index is 0.758. The number of piperidine rings is 1. The fourth-order valence-electron chi connectivity index (χ4n) is 4.22. The standard InChI is InChI=1S/C18H27N3/c1-2-6-18-14(4-1)5-3-11-21(18)17-9-10-19-16(12-17)13-20-15-7-8-15/h9-10,12,14-15,18,20H,1-8,11,13H2/t14-,18-/m1/s1. The molecule has 0 bridgehead atoms. The van der Waals surface area contributed by atoms with E-state index in [4.69, 9.17) is 0 Å². The third-order valence-corrected chi connectivity index (χ3v) is 5.52. The van der Waals surface area contributed by atoms with Crippen molar-refractivity contribution in [3.05, 3.63) is 24.0 Å². The summed E-state index contributed by atoms with van der Waals surface area (Å²) >= 11 is 0. The van der Waals surface area contributed by atoms with E-state index in [1.165, 1.54) is 69.3 Å². The minimum Gasteiger partial charge on any atom is -0.368 e.